The highest BCUT2D eigenvalue weighted by Crippen LogP contribution is 2.66. The van der Waals surface area contributed by atoms with E-state index in [0.29, 0.717) is 17.4 Å². The van der Waals surface area contributed by atoms with Gasteiger partial charge in [-0.3, -0.25) is 0 Å². The van der Waals surface area contributed by atoms with Gasteiger partial charge in [-0.25, -0.2) is 0 Å². The van der Waals surface area contributed by atoms with Gasteiger partial charge in [-0.05, 0) is 35.7 Å². The first kappa shape index (κ1) is 17.6. The maximum Gasteiger partial charge on any atom is 0.164 e. The second kappa shape index (κ2) is 5.66. The topological polar surface area (TPSA) is 49.7 Å². The van der Waals surface area contributed by atoms with Crippen molar-refractivity contribution < 1.29 is 14.9 Å². The van der Waals surface area contributed by atoms with E-state index >= 15 is 0 Å². The van der Waals surface area contributed by atoms with E-state index in [-0.39, 0.29) is 29.3 Å². The zero-order valence-electron chi connectivity index (χ0n) is 15.9. The molecule has 2 aliphatic carbocycles. The summed E-state index contributed by atoms with van der Waals surface area (Å²) in [6.07, 6.45) is 3.39. The third-order valence-corrected chi connectivity index (χ3v) is 6.76. The van der Waals surface area contributed by atoms with Crippen LogP contribution in [0.1, 0.15) is 82.4 Å². The number of phenols is 1. The Morgan fingerprint density at radius 3 is 2.46 bits per heavy atom. The average Bonchev–Trinajstić information content (AvgIpc) is 2.76. The average molecular weight is 332 g/mol. The van der Waals surface area contributed by atoms with Gasteiger partial charge in [0.25, 0.3) is 0 Å². The Balaban J connectivity index is 2.31. The first-order chi connectivity index (χ1) is 11.2. The number of aliphatic hydroxyl groups excluding tert-OH is 1. The molecule has 0 unspecified atom stereocenters. The predicted molar refractivity (Wildman–Crippen MR) is 97.0 cm³/mol. The Hall–Kier alpha value is -1.22. The zero-order valence-corrected chi connectivity index (χ0v) is 15.9. The van der Waals surface area contributed by atoms with Gasteiger partial charge in [0.05, 0.1) is 13.7 Å². The number of methoxy groups -OCH3 is 1. The van der Waals surface area contributed by atoms with Crippen LogP contribution in [0.5, 0.6) is 11.5 Å². The van der Waals surface area contributed by atoms with Gasteiger partial charge in [0, 0.05) is 22.5 Å². The highest BCUT2D eigenvalue weighted by atomic mass is 16.5. The number of rotatable bonds is 3. The highest BCUT2D eigenvalue weighted by molar-refractivity contribution is 5.62. The van der Waals surface area contributed by atoms with Crippen molar-refractivity contribution in [3.63, 3.8) is 0 Å². The highest BCUT2D eigenvalue weighted by Gasteiger charge is 2.58. The molecule has 0 bridgehead atoms. The molecule has 1 fully saturated rings. The number of benzene rings is 1. The van der Waals surface area contributed by atoms with Crippen molar-refractivity contribution in [3.8, 4) is 11.5 Å². The maximum atomic E-state index is 11.1. The van der Waals surface area contributed by atoms with E-state index in [2.05, 4.69) is 40.7 Å². The van der Waals surface area contributed by atoms with Gasteiger partial charge in [-0.15, -0.1) is 0 Å². The first-order valence-electron chi connectivity index (χ1n) is 9.24. The van der Waals surface area contributed by atoms with Gasteiger partial charge >= 0.3 is 0 Å². The number of ether oxygens (including phenoxy) is 1. The number of phenolic OH excluding ortho intramolecular Hbond substituents is 1. The summed E-state index contributed by atoms with van der Waals surface area (Å²) in [5.74, 6) is 1.62. The lowest BCUT2D eigenvalue weighted by atomic mass is 9.55. The summed E-state index contributed by atoms with van der Waals surface area (Å²) in [4.78, 5) is 0. The normalized spacial score (nSPS) is 31.0. The molecule has 0 amide bonds. The summed E-state index contributed by atoms with van der Waals surface area (Å²) in [5.41, 5.74) is 3.25. The molecule has 0 spiro atoms. The van der Waals surface area contributed by atoms with Crippen molar-refractivity contribution in [2.45, 2.75) is 71.1 Å². The van der Waals surface area contributed by atoms with Crippen LogP contribution < -0.4 is 4.74 Å². The van der Waals surface area contributed by atoms with Gasteiger partial charge in [0.1, 0.15) is 0 Å². The van der Waals surface area contributed by atoms with Crippen molar-refractivity contribution in [1.29, 1.82) is 0 Å². The molecule has 2 N–H and O–H groups in total. The largest absolute Gasteiger partial charge is 0.504 e. The molecule has 3 atom stereocenters. The minimum atomic E-state index is -0.0998. The molecule has 3 heteroatoms. The molecule has 24 heavy (non-hydrogen) atoms. The van der Waals surface area contributed by atoms with Crippen LogP contribution in [-0.2, 0) is 5.41 Å². The number of aliphatic hydroxyl groups is 1. The fourth-order valence-electron chi connectivity index (χ4n) is 5.97. The summed E-state index contributed by atoms with van der Waals surface area (Å²) in [6, 6.07) is 2.19. The van der Waals surface area contributed by atoms with E-state index in [9.17, 15) is 10.2 Å². The maximum absolute atomic E-state index is 11.1. The van der Waals surface area contributed by atoms with Crippen molar-refractivity contribution in [2.75, 3.05) is 13.7 Å². The van der Waals surface area contributed by atoms with Crippen LogP contribution in [-0.4, -0.2) is 23.9 Å². The van der Waals surface area contributed by atoms with Gasteiger partial charge in [-0.1, -0.05) is 47.1 Å². The van der Waals surface area contributed by atoms with Crippen LogP contribution in [0.15, 0.2) is 6.07 Å². The summed E-state index contributed by atoms with van der Waals surface area (Å²) in [5, 5.41) is 21.4. The smallest absolute Gasteiger partial charge is 0.164 e. The minimum Gasteiger partial charge on any atom is -0.504 e. The van der Waals surface area contributed by atoms with Gasteiger partial charge in [-0.2, -0.15) is 0 Å². The lowest BCUT2D eigenvalue weighted by Crippen LogP contribution is -2.44. The molecule has 134 valence electrons. The molecule has 1 aromatic rings. The Morgan fingerprint density at radius 2 is 1.92 bits per heavy atom. The molecule has 0 aliphatic heterocycles. The lowest BCUT2D eigenvalue weighted by molar-refractivity contribution is 0.0330. The van der Waals surface area contributed by atoms with Crippen molar-refractivity contribution in [2.24, 2.45) is 11.3 Å². The third kappa shape index (κ3) is 2.20. The summed E-state index contributed by atoms with van der Waals surface area (Å²) in [7, 11) is 1.64. The van der Waals surface area contributed by atoms with E-state index in [4.69, 9.17) is 4.74 Å². The monoisotopic (exact) mass is 332 g/mol. The molecule has 0 saturated heterocycles. The van der Waals surface area contributed by atoms with Crippen molar-refractivity contribution >= 4 is 0 Å². The molecular formula is C21H32O3. The molecule has 0 radical (unpaired) electrons. The molecule has 3 nitrogen and oxygen atoms in total. The van der Waals surface area contributed by atoms with Crippen molar-refractivity contribution in [3.05, 3.63) is 22.8 Å². The van der Waals surface area contributed by atoms with Crippen LogP contribution in [0.2, 0.25) is 0 Å². The Kier molecular flexibility index (Phi) is 4.15. The molecule has 1 aromatic carbocycles. The second-order valence-electron chi connectivity index (χ2n) is 8.99. The van der Waals surface area contributed by atoms with Crippen LogP contribution in [0.3, 0.4) is 0 Å². The molecule has 0 aromatic heterocycles. The number of hydrogen-bond acceptors (Lipinski definition) is 3. The Morgan fingerprint density at radius 1 is 1.25 bits per heavy atom. The van der Waals surface area contributed by atoms with Crippen LogP contribution >= 0.6 is 0 Å². The number of hydrogen-bond donors (Lipinski definition) is 2. The van der Waals surface area contributed by atoms with E-state index in [1.807, 2.05) is 0 Å². The standard InChI is InChI=1S/C21H32O3/c1-12(2)13-10-14-15(11-22)19-20(3,4)8-7-9-21(19,5)16(14)17(23)18(13)24-6/h10,12,15,19,22-23H,7-9,11H2,1-6H3/t15-,19-,21+/m0/s1. The summed E-state index contributed by atoms with van der Waals surface area (Å²) >= 11 is 0. The van der Waals surface area contributed by atoms with E-state index in [1.54, 1.807) is 7.11 Å². The van der Waals surface area contributed by atoms with Crippen LogP contribution in [0.25, 0.3) is 0 Å². The number of aromatic hydroxyl groups is 1. The fourth-order valence-corrected chi connectivity index (χ4v) is 5.97. The molecule has 2 aliphatic rings. The molecule has 3 rings (SSSR count). The number of fused-ring (bicyclic) bond motifs is 3. The molecule has 0 heterocycles. The second-order valence-corrected chi connectivity index (χ2v) is 8.99. The van der Waals surface area contributed by atoms with E-state index in [1.165, 1.54) is 6.42 Å². The zero-order chi connectivity index (χ0) is 17.9. The van der Waals surface area contributed by atoms with Gasteiger partial charge in [0.2, 0.25) is 0 Å². The lowest BCUT2D eigenvalue weighted by Gasteiger charge is -2.49. The van der Waals surface area contributed by atoms with E-state index in [0.717, 1.165) is 29.5 Å². The minimum absolute atomic E-state index is 0.0922. The van der Waals surface area contributed by atoms with Crippen LogP contribution in [0.4, 0.5) is 0 Å². The summed E-state index contributed by atoms with van der Waals surface area (Å²) in [6.45, 7) is 11.3. The third-order valence-electron chi connectivity index (χ3n) is 6.76. The van der Waals surface area contributed by atoms with Gasteiger partial charge in [0.15, 0.2) is 11.5 Å². The first-order valence-corrected chi connectivity index (χ1v) is 9.24. The fraction of sp³-hybridized carbons (Fsp3) is 0.714. The van der Waals surface area contributed by atoms with Crippen molar-refractivity contribution in [1.82, 2.24) is 0 Å². The van der Waals surface area contributed by atoms with Crippen LogP contribution in [0, 0.1) is 11.3 Å². The van der Waals surface area contributed by atoms with Gasteiger partial charge < -0.3 is 14.9 Å². The molecular weight excluding hydrogens is 300 g/mol. The predicted octanol–water partition coefficient (Wildman–Crippen LogP) is 4.70. The summed E-state index contributed by atoms with van der Waals surface area (Å²) < 4.78 is 5.60. The Bertz CT molecular complexity index is 647. The Labute approximate surface area is 146 Å². The van der Waals surface area contributed by atoms with E-state index < -0.39 is 0 Å². The quantitative estimate of drug-likeness (QED) is 0.843. The molecule has 1 saturated carbocycles. The SMILES string of the molecule is COc1c(C(C)C)cc2c(c1O)[C@@]1(C)CCCC(C)(C)[C@@H]1[C@H]2CO.